The Bertz CT molecular complexity index is 1840. The highest BCUT2D eigenvalue weighted by Crippen LogP contribution is 2.32. The van der Waals surface area contributed by atoms with Crippen molar-refractivity contribution in [1.29, 1.82) is 0 Å². The van der Waals surface area contributed by atoms with Gasteiger partial charge in [0.1, 0.15) is 36.9 Å². The summed E-state index contributed by atoms with van der Waals surface area (Å²) < 4.78 is 98.2. The number of rotatable bonds is 30. The summed E-state index contributed by atoms with van der Waals surface area (Å²) in [6.45, 7) is 53.2. The molecule has 0 aromatic heterocycles. The van der Waals surface area contributed by atoms with Crippen LogP contribution in [0.5, 0.6) is 11.5 Å². The van der Waals surface area contributed by atoms with Crippen molar-refractivity contribution in [2.75, 3.05) is 26.4 Å². The molecule has 2 aliphatic rings. The van der Waals surface area contributed by atoms with E-state index < -0.39 is 102 Å². The van der Waals surface area contributed by atoms with E-state index in [0.717, 1.165) is 24.7 Å². The van der Waals surface area contributed by atoms with E-state index in [4.69, 9.17) is 64.2 Å². The second kappa shape index (κ2) is 22.4. The van der Waals surface area contributed by atoms with Gasteiger partial charge in [0.05, 0.1) is 13.2 Å². The molecule has 0 radical (unpaired) electrons. The lowest BCUT2D eigenvalue weighted by atomic mass is 10.3. The highest BCUT2D eigenvalue weighted by molar-refractivity contribution is 6.96. The first-order chi connectivity index (χ1) is 30.9. The zero-order valence-electron chi connectivity index (χ0n) is 46.7. The summed E-state index contributed by atoms with van der Waals surface area (Å²) in [5.74, 6) is 1.67. The van der Waals surface area contributed by atoms with Crippen LogP contribution in [0.15, 0.2) is 48.5 Å². The summed E-state index contributed by atoms with van der Waals surface area (Å²) in [6.07, 6.45) is 0.434. The van der Waals surface area contributed by atoms with Crippen LogP contribution in [0.2, 0.25) is 157 Å². The maximum atomic E-state index is 6.93. The molecule has 15 nitrogen and oxygen atoms in total. The minimum atomic E-state index is -2.80. The lowest BCUT2D eigenvalue weighted by molar-refractivity contribution is 0.253. The summed E-state index contributed by atoms with van der Waals surface area (Å²) in [5, 5.41) is 2.36. The van der Waals surface area contributed by atoms with E-state index in [2.05, 4.69) is 181 Å². The summed E-state index contributed by atoms with van der Waals surface area (Å²) in [7, 11) is -32.1. The average molecular weight is 1170 g/mol. The SMILES string of the molecule is C[Si](C)(O[Si](C)(C)O[Si](C)(C)O[Si](C)(C)O[Si](C)(C)O[Si](C)(C)O[Si](C)(C)c1ccc(OCC2CO2)cc1)O[Si](C)(C)O[Si](C)(C)O[Si](C)(C)O[Si](C)(C)O[Si](C)(C)c1ccc(OCC2CO2)cc1. The molecule has 0 bridgehead atoms. The minimum absolute atomic E-state index is 0.217. The third-order valence-electron chi connectivity index (χ3n) is 10.2. The molecule has 0 spiro atoms. The van der Waals surface area contributed by atoms with Crippen molar-refractivity contribution in [2.24, 2.45) is 0 Å². The molecule has 0 amide bonds. The maximum absolute atomic E-state index is 6.93. The molecular weight excluding hydrogens is 1080 g/mol. The van der Waals surface area contributed by atoms with Crippen LogP contribution in [-0.2, 0) is 54.7 Å². The van der Waals surface area contributed by atoms with Crippen molar-refractivity contribution in [3.8, 4) is 11.5 Å². The highest BCUT2D eigenvalue weighted by Gasteiger charge is 2.52. The third kappa shape index (κ3) is 22.9. The van der Waals surface area contributed by atoms with Gasteiger partial charge >= 0.3 is 85.6 Å². The van der Waals surface area contributed by atoms with E-state index in [-0.39, 0.29) is 12.2 Å². The second-order valence-corrected chi connectivity index (χ2v) is 67.9. The summed E-state index contributed by atoms with van der Waals surface area (Å²) >= 11 is 0. The van der Waals surface area contributed by atoms with E-state index in [1.54, 1.807) is 0 Å². The maximum Gasteiger partial charge on any atom is 0.314 e. The first-order valence-corrected chi connectivity index (χ1v) is 58.3. The molecule has 0 aliphatic carbocycles. The van der Waals surface area contributed by atoms with E-state index in [0.29, 0.717) is 13.2 Å². The van der Waals surface area contributed by atoms with E-state index in [1.165, 1.54) is 10.4 Å². The fourth-order valence-electron chi connectivity index (χ4n) is 9.49. The Balaban J connectivity index is 1.28. The van der Waals surface area contributed by atoms with Crippen LogP contribution in [0, 0.1) is 0 Å². The molecule has 27 heteroatoms. The van der Waals surface area contributed by atoms with Crippen molar-refractivity contribution in [2.45, 2.75) is 169 Å². The monoisotopic (exact) mass is 1170 g/mol. The predicted molar refractivity (Wildman–Crippen MR) is 304 cm³/mol. The largest absolute Gasteiger partial charge is 0.491 e. The Morgan fingerprint density at radius 3 is 0.652 bits per heavy atom. The molecule has 2 fully saturated rings. The van der Waals surface area contributed by atoms with Crippen molar-refractivity contribution >= 4 is 113 Å². The van der Waals surface area contributed by atoms with Gasteiger partial charge < -0.3 is 64.2 Å². The van der Waals surface area contributed by atoms with Crippen molar-refractivity contribution in [1.82, 2.24) is 0 Å². The quantitative estimate of drug-likeness (QED) is 0.0540. The number of hydrogen-bond donors (Lipinski definition) is 0. The van der Waals surface area contributed by atoms with Gasteiger partial charge in [0.15, 0.2) is 0 Å². The number of epoxide rings is 2. The Hall–Kier alpha value is 0.123. The molecular formula is C42H90O15Si12. The van der Waals surface area contributed by atoms with E-state index in [9.17, 15) is 0 Å². The number of benzene rings is 2. The predicted octanol–water partition coefficient (Wildman–Crippen LogP) is 9.97. The molecule has 2 saturated heterocycles. The number of hydrogen-bond acceptors (Lipinski definition) is 15. The first-order valence-electron chi connectivity index (χ1n) is 24.3. The van der Waals surface area contributed by atoms with Gasteiger partial charge in [0.25, 0.3) is 0 Å². The van der Waals surface area contributed by atoms with E-state index >= 15 is 0 Å². The molecule has 2 unspecified atom stereocenters. The van der Waals surface area contributed by atoms with E-state index in [1.807, 2.05) is 24.3 Å². The van der Waals surface area contributed by atoms with Crippen molar-refractivity contribution < 1.29 is 64.2 Å². The van der Waals surface area contributed by atoms with Gasteiger partial charge in [-0.15, -0.1) is 0 Å². The average Bonchev–Trinajstić information content (AvgIpc) is 4.00. The molecule has 0 N–H and O–H groups in total. The summed E-state index contributed by atoms with van der Waals surface area (Å²) in [4.78, 5) is 0. The smallest absolute Gasteiger partial charge is 0.314 e. The fourth-order valence-corrected chi connectivity index (χ4v) is 70.2. The Morgan fingerprint density at radius 2 is 0.478 bits per heavy atom. The van der Waals surface area contributed by atoms with Crippen LogP contribution in [0.4, 0.5) is 0 Å². The molecule has 2 aromatic carbocycles. The molecule has 396 valence electrons. The molecule has 69 heavy (non-hydrogen) atoms. The van der Waals surface area contributed by atoms with Gasteiger partial charge in [-0.3, -0.25) is 0 Å². The van der Waals surface area contributed by atoms with Gasteiger partial charge in [0, 0.05) is 0 Å². The molecule has 0 saturated carbocycles. The lowest BCUT2D eigenvalue weighted by Crippen LogP contribution is -2.63. The summed E-state index contributed by atoms with van der Waals surface area (Å²) in [6, 6.07) is 16.5. The van der Waals surface area contributed by atoms with Crippen LogP contribution in [0.3, 0.4) is 0 Å². The van der Waals surface area contributed by atoms with Crippen LogP contribution in [0.25, 0.3) is 0 Å². The van der Waals surface area contributed by atoms with Gasteiger partial charge in [0.2, 0.25) is 16.6 Å². The van der Waals surface area contributed by atoms with Crippen LogP contribution < -0.4 is 19.8 Å². The Morgan fingerprint density at radius 1 is 0.304 bits per heavy atom. The standard InChI is InChI=1S/C42H90O15Si12/c1-58(2,41-29-25-37(26-30-41)43-33-39-35-45-39)47-60(5,6)49-62(9,10)51-64(13,14)53-66(17,18)55-68(21,22)57-69(23,24)56-67(19,20)54-65(15,16)52-63(11,12)50-61(7,8)48-59(3,4)42-31-27-38(28-32-42)44-34-40-36-46-40/h25-32,39-40H,33-36H2,1-24H3. The zero-order valence-corrected chi connectivity index (χ0v) is 58.7. The molecule has 2 atom stereocenters. The van der Waals surface area contributed by atoms with Gasteiger partial charge in [-0.2, -0.15) is 0 Å². The first kappa shape index (κ1) is 61.7. The normalized spacial score (nSPS) is 18.4. The molecule has 4 rings (SSSR count). The molecule has 2 heterocycles. The topological polar surface area (TPSA) is 145 Å². The lowest BCUT2D eigenvalue weighted by Gasteiger charge is -2.45. The van der Waals surface area contributed by atoms with Gasteiger partial charge in [-0.25, -0.2) is 0 Å². The van der Waals surface area contributed by atoms with Gasteiger partial charge in [-0.1, -0.05) is 24.3 Å². The second-order valence-electron chi connectivity index (χ2n) is 23.7. The molecule has 2 aliphatic heterocycles. The van der Waals surface area contributed by atoms with Crippen LogP contribution >= 0.6 is 0 Å². The highest BCUT2D eigenvalue weighted by atomic mass is 28.5. The van der Waals surface area contributed by atoms with Crippen LogP contribution in [0.1, 0.15) is 0 Å². The third-order valence-corrected chi connectivity index (χ3v) is 57.1. The van der Waals surface area contributed by atoms with Gasteiger partial charge in [-0.05, 0) is 192 Å². The minimum Gasteiger partial charge on any atom is -0.491 e. The fraction of sp³-hybridized carbons (Fsp3) is 0.714. The van der Waals surface area contributed by atoms with Crippen molar-refractivity contribution in [3.63, 3.8) is 0 Å². The zero-order chi connectivity index (χ0) is 52.6. The van der Waals surface area contributed by atoms with Crippen molar-refractivity contribution in [3.05, 3.63) is 48.5 Å². The Kier molecular flexibility index (Phi) is 20.0. The summed E-state index contributed by atoms with van der Waals surface area (Å²) in [5.41, 5.74) is 0. The number of ether oxygens (including phenoxy) is 4. The molecule has 2 aromatic rings. The van der Waals surface area contributed by atoms with Crippen LogP contribution in [-0.4, -0.2) is 141 Å². The Labute approximate surface area is 429 Å².